The lowest BCUT2D eigenvalue weighted by molar-refractivity contribution is -0.121. The number of aromatic nitrogens is 4. The van der Waals surface area contributed by atoms with Crippen LogP contribution in [-0.4, -0.2) is 31.4 Å². The van der Waals surface area contributed by atoms with Crippen molar-refractivity contribution in [2.24, 2.45) is 0 Å². The first-order valence-corrected chi connectivity index (χ1v) is 8.27. The van der Waals surface area contributed by atoms with Gasteiger partial charge in [0.1, 0.15) is 0 Å². The van der Waals surface area contributed by atoms with Crippen molar-refractivity contribution < 1.29 is 9.59 Å². The summed E-state index contributed by atoms with van der Waals surface area (Å²) in [6.07, 6.45) is 3.74. The molecule has 2 amide bonds. The molecule has 8 nitrogen and oxygen atoms in total. The second-order valence-corrected chi connectivity index (χ2v) is 6.06. The molecule has 0 spiro atoms. The minimum Gasteiger partial charge on any atom is -0.273 e. The molecule has 0 saturated carbocycles. The van der Waals surface area contributed by atoms with E-state index >= 15 is 0 Å². The SMILES string of the molecule is Cc1cc2nc(C)c(CCC(=O)NNC(=O)c3cccnc3)c(C)n2n1. The molecule has 3 rings (SSSR count). The number of hydrogen-bond donors (Lipinski definition) is 2. The van der Waals surface area contributed by atoms with Gasteiger partial charge in [0, 0.05) is 36.3 Å². The molecule has 134 valence electrons. The summed E-state index contributed by atoms with van der Waals surface area (Å²) < 4.78 is 1.79. The lowest BCUT2D eigenvalue weighted by Gasteiger charge is -2.11. The summed E-state index contributed by atoms with van der Waals surface area (Å²) in [6.45, 7) is 5.81. The second kappa shape index (κ2) is 7.30. The predicted molar refractivity (Wildman–Crippen MR) is 95.4 cm³/mol. The smallest absolute Gasteiger partial charge is 0.271 e. The Labute approximate surface area is 150 Å². The number of carbonyl (C=O) groups excluding carboxylic acids is 2. The number of amides is 2. The molecule has 0 aliphatic heterocycles. The molecule has 3 heterocycles. The molecule has 26 heavy (non-hydrogen) atoms. The fraction of sp³-hybridized carbons (Fsp3) is 0.278. The van der Waals surface area contributed by atoms with Gasteiger partial charge in [-0.1, -0.05) is 0 Å². The standard InChI is InChI=1S/C18H20N6O2/c1-11-9-16-20-12(2)15(13(3)24(16)23-11)6-7-17(25)21-22-18(26)14-5-4-8-19-10-14/h4-5,8-10H,6-7H2,1-3H3,(H,21,25)(H,22,26). The van der Waals surface area contributed by atoms with Crippen molar-refractivity contribution in [2.75, 3.05) is 0 Å². The van der Waals surface area contributed by atoms with E-state index in [1.54, 1.807) is 22.8 Å². The first kappa shape index (κ1) is 17.5. The average molecular weight is 352 g/mol. The van der Waals surface area contributed by atoms with Gasteiger partial charge in [0.2, 0.25) is 5.91 Å². The van der Waals surface area contributed by atoms with Gasteiger partial charge < -0.3 is 0 Å². The summed E-state index contributed by atoms with van der Waals surface area (Å²) in [4.78, 5) is 32.4. The van der Waals surface area contributed by atoms with Crippen LogP contribution in [0.1, 0.15) is 39.4 Å². The molecule has 0 aliphatic rings. The van der Waals surface area contributed by atoms with Gasteiger partial charge >= 0.3 is 0 Å². The van der Waals surface area contributed by atoms with Gasteiger partial charge in [-0.05, 0) is 44.9 Å². The Morgan fingerprint density at radius 2 is 2.00 bits per heavy atom. The van der Waals surface area contributed by atoms with Crippen LogP contribution in [0.5, 0.6) is 0 Å². The number of rotatable bonds is 4. The summed E-state index contributed by atoms with van der Waals surface area (Å²) in [5, 5.41) is 4.43. The normalized spacial score (nSPS) is 10.7. The maximum atomic E-state index is 12.1. The molecule has 0 radical (unpaired) electrons. The molecule has 0 fully saturated rings. The first-order chi connectivity index (χ1) is 12.5. The molecule has 0 atom stereocenters. The Morgan fingerprint density at radius 3 is 2.73 bits per heavy atom. The molecule has 8 heteroatoms. The Balaban J connectivity index is 1.61. The zero-order chi connectivity index (χ0) is 18.7. The predicted octanol–water partition coefficient (Wildman–Crippen LogP) is 1.44. The van der Waals surface area contributed by atoms with Crippen molar-refractivity contribution in [3.8, 4) is 0 Å². The van der Waals surface area contributed by atoms with Crippen LogP contribution >= 0.6 is 0 Å². The molecule has 0 bridgehead atoms. The van der Waals surface area contributed by atoms with Crippen LogP contribution in [0.15, 0.2) is 30.6 Å². The van der Waals surface area contributed by atoms with Crippen LogP contribution in [0.3, 0.4) is 0 Å². The van der Waals surface area contributed by atoms with Crippen molar-refractivity contribution in [3.63, 3.8) is 0 Å². The highest BCUT2D eigenvalue weighted by atomic mass is 16.2. The van der Waals surface area contributed by atoms with E-state index < -0.39 is 5.91 Å². The number of fused-ring (bicyclic) bond motifs is 1. The zero-order valence-electron chi connectivity index (χ0n) is 14.9. The third-order valence-corrected chi connectivity index (χ3v) is 4.13. The fourth-order valence-electron chi connectivity index (χ4n) is 2.80. The van der Waals surface area contributed by atoms with E-state index in [0.29, 0.717) is 12.0 Å². The van der Waals surface area contributed by atoms with E-state index in [4.69, 9.17) is 0 Å². The second-order valence-electron chi connectivity index (χ2n) is 6.06. The third kappa shape index (κ3) is 3.69. The lowest BCUT2D eigenvalue weighted by atomic mass is 10.1. The maximum absolute atomic E-state index is 12.1. The monoisotopic (exact) mass is 352 g/mol. The van der Waals surface area contributed by atoms with Gasteiger partial charge in [0.15, 0.2) is 5.65 Å². The van der Waals surface area contributed by atoms with Crippen molar-refractivity contribution in [1.82, 2.24) is 30.4 Å². The minimum atomic E-state index is -0.408. The van der Waals surface area contributed by atoms with Gasteiger partial charge in [0.25, 0.3) is 5.91 Å². The van der Waals surface area contributed by atoms with Crippen LogP contribution in [0, 0.1) is 20.8 Å². The maximum Gasteiger partial charge on any atom is 0.271 e. The topological polar surface area (TPSA) is 101 Å². The van der Waals surface area contributed by atoms with Crippen molar-refractivity contribution in [2.45, 2.75) is 33.6 Å². The molecule has 0 aliphatic carbocycles. The summed E-state index contributed by atoms with van der Waals surface area (Å²) in [5.41, 5.74) is 9.71. The molecule has 3 aromatic heterocycles. The fourth-order valence-corrected chi connectivity index (χ4v) is 2.80. The summed E-state index contributed by atoms with van der Waals surface area (Å²) in [6, 6.07) is 5.20. The zero-order valence-corrected chi connectivity index (χ0v) is 14.9. The summed E-state index contributed by atoms with van der Waals surface area (Å²) in [5.74, 6) is -0.688. The first-order valence-electron chi connectivity index (χ1n) is 8.27. The number of aryl methyl sites for hydroxylation is 3. The van der Waals surface area contributed by atoms with Crippen LogP contribution in [0.25, 0.3) is 5.65 Å². The van der Waals surface area contributed by atoms with Crippen molar-refractivity contribution in [1.29, 1.82) is 0 Å². The molecule has 0 aromatic carbocycles. The van der Waals surface area contributed by atoms with Crippen molar-refractivity contribution in [3.05, 3.63) is 58.8 Å². The van der Waals surface area contributed by atoms with Gasteiger partial charge in [-0.2, -0.15) is 5.10 Å². The number of carbonyl (C=O) groups is 2. The van der Waals surface area contributed by atoms with Crippen molar-refractivity contribution >= 4 is 17.5 Å². The highest BCUT2D eigenvalue weighted by molar-refractivity contribution is 5.95. The summed E-state index contributed by atoms with van der Waals surface area (Å²) >= 11 is 0. The Kier molecular flexibility index (Phi) is 4.92. The molecule has 3 aromatic rings. The lowest BCUT2D eigenvalue weighted by Crippen LogP contribution is -2.41. The number of hydrazine groups is 1. The number of pyridine rings is 1. The highest BCUT2D eigenvalue weighted by Crippen LogP contribution is 2.16. The van der Waals surface area contributed by atoms with Crippen LogP contribution in [0.4, 0.5) is 0 Å². The number of hydrogen-bond acceptors (Lipinski definition) is 5. The van der Waals surface area contributed by atoms with E-state index in [0.717, 1.165) is 28.3 Å². The van der Waals surface area contributed by atoms with Gasteiger partial charge in [-0.25, -0.2) is 9.50 Å². The summed E-state index contributed by atoms with van der Waals surface area (Å²) in [7, 11) is 0. The van der Waals surface area contributed by atoms with Gasteiger partial charge in [-0.3, -0.25) is 25.4 Å². The van der Waals surface area contributed by atoms with Gasteiger partial charge in [0.05, 0.1) is 11.3 Å². The molecular formula is C18H20N6O2. The number of nitrogens with one attached hydrogen (secondary N) is 2. The Hall–Kier alpha value is -3.29. The minimum absolute atomic E-state index is 0.225. The molecular weight excluding hydrogens is 332 g/mol. The third-order valence-electron chi connectivity index (χ3n) is 4.13. The molecule has 2 N–H and O–H groups in total. The molecule has 0 unspecified atom stereocenters. The van der Waals surface area contributed by atoms with E-state index in [9.17, 15) is 9.59 Å². The van der Waals surface area contributed by atoms with Crippen LogP contribution in [0.2, 0.25) is 0 Å². The quantitative estimate of drug-likeness (QED) is 0.692. The van der Waals surface area contributed by atoms with Gasteiger partial charge in [-0.15, -0.1) is 0 Å². The molecule has 0 saturated heterocycles. The highest BCUT2D eigenvalue weighted by Gasteiger charge is 2.13. The Bertz CT molecular complexity index is 965. The Morgan fingerprint density at radius 1 is 1.19 bits per heavy atom. The largest absolute Gasteiger partial charge is 0.273 e. The van der Waals surface area contributed by atoms with E-state index in [1.807, 2.05) is 26.8 Å². The average Bonchev–Trinajstić information content (AvgIpc) is 3.00. The van der Waals surface area contributed by atoms with E-state index in [1.165, 1.54) is 6.20 Å². The van der Waals surface area contributed by atoms with Crippen LogP contribution in [-0.2, 0) is 11.2 Å². The number of nitrogens with zero attached hydrogens (tertiary/aromatic N) is 4. The van der Waals surface area contributed by atoms with Crippen LogP contribution < -0.4 is 10.9 Å². The van der Waals surface area contributed by atoms with E-state index in [2.05, 4.69) is 25.9 Å². The van der Waals surface area contributed by atoms with E-state index in [-0.39, 0.29) is 12.3 Å².